The van der Waals surface area contributed by atoms with Crippen LogP contribution >= 0.6 is 11.6 Å². The van der Waals surface area contributed by atoms with Gasteiger partial charge in [0.25, 0.3) is 0 Å². The van der Waals surface area contributed by atoms with Crippen LogP contribution < -0.4 is 9.47 Å². The minimum atomic E-state index is -0.323. The summed E-state index contributed by atoms with van der Waals surface area (Å²) in [6, 6.07) is 3.00. The van der Waals surface area contributed by atoms with Gasteiger partial charge in [-0.15, -0.1) is 11.6 Å². The topological polar surface area (TPSA) is 18.5 Å². The minimum absolute atomic E-state index is 0.303. The molecular formula is C15H20ClFO2. The van der Waals surface area contributed by atoms with Crippen LogP contribution in [-0.4, -0.2) is 14.2 Å². The second kappa shape index (κ2) is 6.47. The van der Waals surface area contributed by atoms with Crippen LogP contribution in [0.15, 0.2) is 12.1 Å². The summed E-state index contributed by atoms with van der Waals surface area (Å²) in [4.78, 5) is 0. The number of halogens is 2. The predicted octanol–water partition coefficient (Wildman–Crippen LogP) is 4.70. The molecule has 0 aliphatic heterocycles. The summed E-state index contributed by atoms with van der Waals surface area (Å²) < 4.78 is 24.3. The van der Waals surface area contributed by atoms with Crippen LogP contribution in [0.5, 0.6) is 11.5 Å². The van der Waals surface area contributed by atoms with E-state index in [1.807, 2.05) is 0 Å². The number of methoxy groups -OCH3 is 2. The summed E-state index contributed by atoms with van der Waals surface area (Å²) in [5.74, 6) is 1.22. The van der Waals surface area contributed by atoms with Gasteiger partial charge in [0, 0.05) is 11.6 Å². The first kappa shape index (κ1) is 14.4. The normalized spacial score (nSPS) is 17.5. The lowest BCUT2D eigenvalue weighted by molar-refractivity contribution is 0.351. The van der Waals surface area contributed by atoms with Crippen molar-refractivity contribution in [1.82, 2.24) is 0 Å². The Labute approximate surface area is 118 Å². The second-order valence-corrected chi connectivity index (χ2v) is 5.61. The summed E-state index contributed by atoms with van der Waals surface area (Å²) in [5.41, 5.74) is 0.506. The molecule has 1 fully saturated rings. The van der Waals surface area contributed by atoms with Crippen molar-refractivity contribution >= 4 is 11.6 Å². The highest BCUT2D eigenvalue weighted by molar-refractivity contribution is 6.20. The van der Waals surface area contributed by atoms with Crippen molar-refractivity contribution in [3.8, 4) is 11.5 Å². The third kappa shape index (κ3) is 3.33. The van der Waals surface area contributed by atoms with Gasteiger partial charge in [0.15, 0.2) is 11.5 Å². The molecule has 19 heavy (non-hydrogen) atoms. The highest BCUT2D eigenvalue weighted by atomic mass is 35.5. The quantitative estimate of drug-likeness (QED) is 0.730. The first-order chi connectivity index (χ1) is 9.15. The van der Waals surface area contributed by atoms with E-state index < -0.39 is 0 Å². The third-order valence-electron chi connectivity index (χ3n) is 3.86. The Morgan fingerprint density at radius 3 is 2.37 bits per heavy atom. The molecule has 1 saturated carbocycles. The lowest BCUT2D eigenvalue weighted by Crippen LogP contribution is -2.03. The number of ether oxygens (including phenoxy) is 2. The average molecular weight is 287 g/mol. The molecule has 1 aliphatic rings. The van der Waals surface area contributed by atoms with Gasteiger partial charge in [-0.3, -0.25) is 0 Å². The summed E-state index contributed by atoms with van der Waals surface area (Å²) in [6.45, 7) is 0. The van der Waals surface area contributed by atoms with Crippen LogP contribution in [0.3, 0.4) is 0 Å². The lowest BCUT2D eigenvalue weighted by atomic mass is 9.97. The van der Waals surface area contributed by atoms with Gasteiger partial charge in [0.2, 0.25) is 0 Å². The molecule has 0 amide bonds. The standard InChI is InChI=1S/C15H20ClFO2/c1-18-14-8-11(13(17)9-15(14)19-2)12(16)7-10-5-3-4-6-10/h8-10,12H,3-7H2,1-2H3. The van der Waals surface area contributed by atoms with Crippen molar-refractivity contribution in [3.63, 3.8) is 0 Å². The van der Waals surface area contributed by atoms with Gasteiger partial charge in [-0.05, 0) is 18.4 Å². The molecule has 1 unspecified atom stereocenters. The van der Waals surface area contributed by atoms with Gasteiger partial charge < -0.3 is 9.47 Å². The molecule has 0 N–H and O–H groups in total. The van der Waals surface area contributed by atoms with Crippen molar-refractivity contribution in [3.05, 3.63) is 23.5 Å². The van der Waals surface area contributed by atoms with Gasteiger partial charge >= 0.3 is 0 Å². The molecule has 1 aliphatic carbocycles. The first-order valence-electron chi connectivity index (χ1n) is 6.71. The smallest absolute Gasteiger partial charge is 0.163 e. The maximum Gasteiger partial charge on any atom is 0.163 e. The van der Waals surface area contributed by atoms with E-state index in [2.05, 4.69) is 0 Å². The van der Waals surface area contributed by atoms with Crippen LogP contribution in [-0.2, 0) is 0 Å². The fourth-order valence-electron chi connectivity index (χ4n) is 2.78. The molecule has 0 heterocycles. The SMILES string of the molecule is COc1cc(F)c(C(Cl)CC2CCCC2)cc1OC. The van der Waals surface area contributed by atoms with E-state index in [1.54, 1.807) is 13.2 Å². The predicted molar refractivity (Wildman–Crippen MR) is 74.7 cm³/mol. The van der Waals surface area contributed by atoms with E-state index in [1.165, 1.54) is 38.9 Å². The molecule has 0 saturated heterocycles. The maximum absolute atomic E-state index is 14.1. The molecule has 2 rings (SSSR count). The lowest BCUT2D eigenvalue weighted by Gasteiger charge is -2.17. The third-order valence-corrected chi connectivity index (χ3v) is 4.27. The zero-order valence-electron chi connectivity index (χ0n) is 11.4. The van der Waals surface area contributed by atoms with E-state index in [-0.39, 0.29) is 11.2 Å². The molecular weight excluding hydrogens is 267 g/mol. The highest BCUT2D eigenvalue weighted by Crippen LogP contribution is 2.40. The number of benzene rings is 1. The summed E-state index contributed by atoms with van der Waals surface area (Å²) in [7, 11) is 3.04. The molecule has 0 bridgehead atoms. The van der Waals surface area contributed by atoms with Crippen molar-refractivity contribution in [2.45, 2.75) is 37.5 Å². The molecule has 0 radical (unpaired) electrons. The molecule has 2 nitrogen and oxygen atoms in total. The summed E-state index contributed by atoms with van der Waals surface area (Å²) in [6.07, 6.45) is 5.77. The minimum Gasteiger partial charge on any atom is -0.493 e. The highest BCUT2D eigenvalue weighted by Gasteiger charge is 2.23. The van der Waals surface area contributed by atoms with Crippen molar-refractivity contribution < 1.29 is 13.9 Å². The van der Waals surface area contributed by atoms with Crippen LogP contribution in [0.1, 0.15) is 43.0 Å². The fourth-order valence-corrected chi connectivity index (χ4v) is 3.19. The monoisotopic (exact) mass is 286 g/mol. The molecule has 1 atom stereocenters. The molecule has 0 aromatic heterocycles. The van der Waals surface area contributed by atoms with Gasteiger partial charge in [-0.1, -0.05) is 25.7 Å². The van der Waals surface area contributed by atoms with E-state index >= 15 is 0 Å². The van der Waals surface area contributed by atoms with Crippen LogP contribution in [0.2, 0.25) is 0 Å². The van der Waals surface area contributed by atoms with Gasteiger partial charge in [-0.25, -0.2) is 4.39 Å². The Balaban J connectivity index is 2.17. The Morgan fingerprint density at radius 1 is 1.21 bits per heavy atom. The molecule has 1 aromatic rings. The van der Waals surface area contributed by atoms with Crippen molar-refractivity contribution in [1.29, 1.82) is 0 Å². The largest absolute Gasteiger partial charge is 0.493 e. The fraction of sp³-hybridized carbons (Fsp3) is 0.600. The van der Waals surface area contributed by atoms with Crippen molar-refractivity contribution in [2.75, 3.05) is 14.2 Å². The number of alkyl halides is 1. The van der Waals surface area contributed by atoms with Gasteiger partial charge in [-0.2, -0.15) is 0 Å². The zero-order chi connectivity index (χ0) is 13.8. The number of rotatable bonds is 5. The second-order valence-electron chi connectivity index (χ2n) is 5.08. The molecule has 0 spiro atoms. The van der Waals surface area contributed by atoms with E-state index in [9.17, 15) is 4.39 Å². The van der Waals surface area contributed by atoms with Gasteiger partial charge in [0.05, 0.1) is 19.6 Å². The summed E-state index contributed by atoms with van der Waals surface area (Å²) in [5, 5.41) is -0.303. The van der Waals surface area contributed by atoms with Crippen molar-refractivity contribution in [2.24, 2.45) is 5.92 Å². The van der Waals surface area contributed by atoms with Crippen LogP contribution in [0.4, 0.5) is 4.39 Å². The van der Waals surface area contributed by atoms with E-state index in [0.717, 1.165) is 6.42 Å². The van der Waals surface area contributed by atoms with Gasteiger partial charge in [0.1, 0.15) is 5.82 Å². The Morgan fingerprint density at radius 2 is 1.79 bits per heavy atom. The number of hydrogen-bond donors (Lipinski definition) is 0. The number of hydrogen-bond acceptors (Lipinski definition) is 2. The van der Waals surface area contributed by atoms with E-state index in [4.69, 9.17) is 21.1 Å². The molecule has 106 valence electrons. The first-order valence-corrected chi connectivity index (χ1v) is 7.14. The Hall–Kier alpha value is -0.960. The summed E-state index contributed by atoms with van der Waals surface area (Å²) >= 11 is 6.38. The average Bonchev–Trinajstić information content (AvgIpc) is 2.90. The molecule has 1 aromatic carbocycles. The molecule has 4 heteroatoms. The van der Waals surface area contributed by atoms with Crippen LogP contribution in [0, 0.1) is 11.7 Å². The maximum atomic E-state index is 14.1. The zero-order valence-corrected chi connectivity index (χ0v) is 12.2. The van der Waals surface area contributed by atoms with Crippen LogP contribution in [0.25, 0.3) is 0 Å². The Kier molecular flexibility index (Phi) is 4.92. The van der Waals surface area contributed by atoms with E-state index in [0.29, 0.717) is 23.0 Å². The Bertz CT molecular complexity index is 430.